The number of carbonyl (C=O) groups is 1. The summed E-state index contributed by atoms with van der Waals surface area (Å²) >= 11 is 3.20. The first kappa shape index (κ1) is 15.6. The number of amides is 1. The zero-order valence-corrected chi connectivity index (χ0v) is 12.4. The van der Waals surface area contributed by atoms with E-state index in [-0.39, 0.29) is 11.6 Å². The standard InChI is InChI=1S/C12H16BrN3O3/c1-8(2)14-6-5-12(17)15-11-4-3-9(16(18)19)7-10(11)13/h3-4,7-8,14H,5-6H2,1-2H3,(H,15,17). The average molecular weight is 330 g/mol. The zero-order chi connectivity index (χ0) is 14.4. The second-order valence-corrected chi connectivity index (χ2v) is 5.18. The molecular weight excluding hydrogens is 314 g/mol. The number of benzene rings is 1. The third-order valence-electron chi connectivity index (χ3n) is 2.34. The third-order valence-corrected chi connectivity index (χ3v) is 3.00. The van der Waals surface area contributed by atoms with Gasteiger partial charge in [-0.3, -0.25) is 14.9 Å². The van der Waals surface area contributed by atoms with Crippen molar-refractivity contribution in [1.29, 1.82) is 0 Å². The Hall–Kier alpha value is -1.47. The molecule has 1 aromatic rings. The number of hydrogen-bond acceptors (Lipinski definition) is 4. The van der Waals surface area contributed by atoms with Crippen LogP contribution >= 0.6 is 15.9 Å². The summed E-state index contributed by atoms with van der Waals surface area (Å²) in [6, 6.07) is 4.56. The smallest absolute Gasteiger partial charge is 0.270 e. The van der Waals surface area contributed by atoms with Crippen molar-refractivity contribution in [2.45, 2.75) is 26.3 Å². The maximum absolute atomic E-state index is 11.7. The molecule has 0 atom stereocenters. The van der Waals surface area contributed by atoms with Gasteiger partial charge in [-0.05, 0) is 22.0 Å². The molecule has 0 aromatic heterocycles. The summed E-state index contributed by atoms with van der Waals surface area (Å²) in [6.45, 7) is 4.60. The Morgan fingerprint density at radius 1 is 1.47 bits per heavy atom. The molecule has 0 radical (unpaired) electrons. The zero-order valence-electron chi connectivity index (χ0n) is 10.8. The summed E-state index contributed by atoms with van der Waals surface area (Å²) in [6.07, 6.45) is 0.349. The fraction of sp³-hybridized carbons (Fsp3) is 0.417. The number of nitrogens with one attached hydrogen (secondary N) is 2. The molecule has 0 fully saturated rings. The largest absolute Gasteiger partial charge is 0.325 e. The van der Waals surface area contributed by atoms with Crippen molar-refractivity contribution in [3.05, 3.63) is 32.8 Å². The number of non-ortho nitro benzene ring substituents is 1. The Bertz CT molecular complexity index is 477. The van der Waals surface area contributed by atoms with E-state index in [9.17, 15) is 14.9 Å². The van der Waals surface area contributed by atoms with Gasteiger partial charge in [-0.15, -0.1) is 0 Å². The molecule has 19 heavy (non-hydrogen) atoms. The molecule has 6 nitrogen and oxygen atoms in total. The predicted octanol–water partition coefficient (Wildman–Crippen LogP) is 2.68. The molecule has 0 aliphatic rings. The van der Waals surface area contributed by atoms with E-state index in [0.717, 1.165) is 0 Å². The minimum atomic E-state index is -0.483. The molecule has 104 valence electrons. The number of hydrogen-bond donors (Lipinski definition) is 2. The Morgan fingerprint density at radius 2 is 2.16 bits per heavy atom. The number of nitrogens with zero attached hydrogens (tertiary/aromatic N) is 1. The van der Waals surface area contributed by atoms with Gasteiger partial charge in [0.2, 0.25) is 5.91 Å². The Labute approximate surface area is 119 Å². The number of carbonyl (C=O) groups excluding carboxylic acids is 1. The van der Waals surface area contributed by atoms with Crippen molar-refractivity contribution >= 4 is 33.2 Å². The van der Waals surface area contributed by atoms with Crippen LogP contribution in [0.25, 0.3) is 0 Å². The third kappa shape index (κ3) is 5.35. The van der Waals surface area contributed by atoms with Crippen LogP contribution in [0.4, 0.5) is 11.4 Å². The molecule has 0 unspecified atom stereocenters. The fourth-order valence-corrected chi connectivity index (χ4v) is 1.87. The lowest BCUT2D eigenvalue weighted by Crippen LogP contribution is -2.27. The molecule has 1 aromatic carbocycles. The highest BCUT2D eigenvalue weighted by Gasteiger charge is 2.11. The van der Waals surface area contributed by atoms with E-state index in [2.05, 4.69) is 26.6 Å². The van der Waals surface area contributed by atoms with Gasteiger partial charge in [-0.1, -0.05) is 13.8 Å². The molecule has 0 aliphatic heterocycles. The molecule has 0 aliphatic carbocycles. The van der Waals surface area contributed by atoms with Crippen molar-refractivity contribution in [2.24, 2.45) is 0 Å². The van der Waals surface area contributed by atoms with Crippen LogP contribution in [0.15, 0.2) is 22.7 Å². The predicted molar refractivity (Wildman–Crippen MR) is 77.2 cm³/mol. The summed E-state index contributed by atoms with van der Waals surface area (Å²) in [5, 5.41) is 16.4. The molecule has 0 saturated heterocycles. The highest BCUT2D eigenvalue weighted by Crippen LogP contribution is 2.27. The van der Waals surface area contributed by atoms with E-state index in [4.69, 9.17) is 0 Å². The van der Waals surface area contributed by atoms with Gasteiger partial charge in [0.15, 0.2) is 0 Å². The fourth-order valence-electron chi connectivity index (χ4n) is 1.41. The number of rotatable bonds is 6. The first-order valence-electron chi connectivity index (χ1n) is 5.87. The van der Waals surface area contributed by atoms with Crippen molar-refractivity contribution in [3.8, 4) is 0 Å². The average Bonchev–Trinajstić information content (AvgIpc) is 2.31. The van der Waals surface area contributed by atoms with E-state index < -0.39 is 4.92 Å². The molecule has 0 bridgehead atoms. The summed E-state index contributed by atoms with van der Waals surface area (Å²) in [5.41, 5.74) is 0.506. The van der Waals surface area contributed by atoms with Crippen LogP contribution in [0, 0.1) is 10.1 Å². The first-order chi connectivity index (χ1) is 8.90. The van der Waals surface area contributed by atoms with Crippen LogP contribution in [0.2, 0.25) is 0 Å². The first-order valence-corrected chi connectivity index (χ1v) is 6.66. The SMILES string of the molecule is CC(C)NCCC(=O)Nc1ccc([N+](=O)[O-])cc1Br. The number of halogens is 1. The van der Waals surface area contributed by atoms with Crippen molar-refractivity contribution in [2.75, 3.05) is 11.9 Å². The Morgan fingerprint density at radius 3 is 2.68 bits per heavy atom. The maximum atomic E-state index is 11.7. The van der Waals surface area contributed by atoms with Crippen LogP contribution in [0.3, 0.4) is 0 Å². The van der Waals surface area contributed by atoms with Crippen LogP contribution in [-0.2, 0) is 4.79 Å². The van der Waals surface area contributed by atoms with E-state index in [0.29, 0.717) is 29.2 Å². The second kappa shape index (κ2) is 7.20. The quantitative estimate of drug-likeness (QED) is 0.620. The van der Waals surface area contributed by atoms with Crippen LogP contribution in [0.1, 0.15) is 20.3 Å². The molecular formula is C12H16BrN3O3. The molecule has 7 heteroatoms. The maximum Gasteiger partial charge on any atom is 0.270 e. The molecule has 0 saturated carbocycles. The van der Waals surface area contributed by atoms with Crippen LogP contribution in [0.5, 0.6) is 0 Å². The minimum absolute atomic E-state index is 0.0219. The van der Waals surface area contributed by atoms with Gasteiger partial charge in [0, 0.05) is 35.6 Å². The van der Waals surface area contributed by atoms with Gasteiger partial charge in [-0.2, -0.15) is 0 Å². The Balaban J connectivity index is 2.57. The second-order valence-electron chi connectivity index (χ2n) is 4.33. The van der Waals surface area contributed by atoms with E-state index >= 15 is 0 Å². The summed E-state index contributed by atoms with van der Waals surface area (Å²) in [4.78, 5) is 21.8. The van der Waals surface area contributed by atoms with Gasteiger partial charge < -0.3 is 10.6 Å². The van der Waals surface area contributed by atoms with Gasteiger partial charge >= 0.3 is 0 Å². The lowest BCUT2D eigenvalue weighted by molar-refractivity contribution is -0.384. The molecule has 0 spiro atoms. The van der Waals surface area contributed by atoms with Gasteiger partial charge in [-0.25, -0.2) is 0 Å². The number of nitro groups is 1. The highest BCUT2D eigenvalue weighted by atomic mass is 79.9. The van der Waals surface area contributed by atoms with Crippen molar-refractivity contribution in [1.82, 2.24) is 5.32 Å². The molecule has 0 heterocycles. The topological polar surface area (TPSA) is 84.3 Å². The minimum Gasteiger partial charge on any atom is -0.325 e. The Kier molecular flexibility index (Phi) is 5.91. The van der Waals surface area contributed by atoms with Gasteiger partial charge in [0.1, 0.15) is 0 Å². The summed E-state index contributed by atoms with van der Waals surface area (Å²) in [7, 11) is 0. The lowest BCUT2D eigenvalue weighted by atomic mass is 10.2. The van der Waals surface area contributed by atoms with Crippen LogP contribution in [-0.4, -0.2) is 23.4 Å². The van der Waals surface area contributed by atoms with Gasteiger partial charge in [0.25, 0.3) is 5.69 Å². The van der Waals surface area contributed by atoms with E-state index in [1.54, 1.807) is 0 Å². The van der Waals surface area contributed by atoms with Crippen molar-refractivity contribution < 1.29 is 9.72 Å². The summed E-state index contributed by atoms with van der Waals surface area (Å²) in [5.74, 6) is -0.136. The highest BCUT2D eigenvalue weighted by molar-refractivity contribution is 9.10. The van der Waals surface area contributed by atoms with Gasteiger partial charge in [0.05, 0.1) is 10.6 Å². The van der Waals surface area contributed by atoms with E-state index in [1.807, 2.05) is 13.8 Å². The number of nitro benzene ring substituents is 1. The number of anilines is 1. The molecule has 1 amide bonds. The lowest BCUT2D eigenvalue weighted by Gasteiger charge is -2.09. The van der Waals surface area contributed by atoms with E-state index in [1.165, 1.54) is 18.2 Å². The molecule has 2 N–H and O–H groups in total. The monoisotopic (exact) mass is 329 g/mol. The molecule has 1 rings (SSSR count). The normalized spacial score (nSPS) is 10.5. The van der Waals surface area contributed by atoms with Crippen molar-refractivity contribution in [3.63, 3.8) is 0 Å². The van der Waals surface area contributed by atoms with Crippen LogP contribution < -0.4 is 10.6 Å². The summed E-state index contributed by atoms with van der Waals surface area (Å²) < 4.78 is 0.492.